The number of halogens is 3. The zero-order valence-corrected chi connectivity index (χ0v) is 12.7. The third-order valence-electron chi connectivity index (χ3n) is 4.33. The number of amides is 2. The molecule has 0 spiro atoms. The summed E-state index contributed by atoms with van der Waals surface area (Å²) in [6.45, 7) is 1.51. The van der Waals surface area contributed by atoms with E-state index in [4.69, 9.17) is 0 Å². The van der Waals surface area contributed by atoms with Crippen molar-refractivity contribution in [1.29, 1.82) is 0 Å². The van der Waals surface area contributed by atoms with Crippen LogP contribution in [-0.4, -0.2) is 67.1 Å². The largest absolute Gasteiger partial charge is 0.471 e. The number of alkyl halides is 3. The number of hydrogen-bond acceptors (Lipinski definition) is 3. The molecule has 1 N–H and O–H groups in total. The number of likely N-dealkylation sites (tertiary alicyclic amines) is 1. The maximum absolute atomic E-state index is 12.1. The van der Waals surface area contributed by atoms with Crippen LogP contribution in [0.4, 0.5) is 13.2 Å². The van der Waals surface area contributed by atoms with Gasteiger partial charge in [0.25, 0.3) is 0 Å². The Hall–Kier alpha value is -1.31. The molecule has 1 aliphatic carbocycles. The molecule has 0 aromatic carbocycles. The Kier molecular flexibility index (Phi) is 5.31. The lowest BCUT2D eigenvalue weighted by Gasteiger charge is -2.33. The summed E-state index contributed by atoms with van der Waals surface area (Å²) in [5.41, 5.74) is 0. The lowest BCUT2D eigenvalue weighted by molar-refractivity contribution is -0.173. The normalized spacial score (nSPS) is 20.3. The number of carbonyl (C=O) groups excluding carboxylic acids is 2. The lowest BCUT2D eigenvalue weighted by Crippen LogP contribution is -2.46. The van der Waals surface area contributed by atoms with E-state index in [1.807, 2.05) is 12.4 Å². The smallest absolute Gasteiger partial charge is 0.348 e. The first-order chi connectivity index (χ1) is 10.3. The second-order valence-electron chi connectivity index (χ2n) is 6.18. The molecule has 1 saturated heterocycles. The monoisotopic (exact) mass is 321 g/mol. The van der Waals surface area contributed by atoms with Crippen molar-refractivity contribution >= 4 is 11.8 Å². The number of rotatable bonds is 5. The summed E-state index contributed by atoms with van der Waals surface area (Å²) in [6, 6.07) is 0.527. The van der Waals surface area contributed by atoms with Gasteiger partial charge in [-0.3, -0.25) is 14.5 Å². The third-order valence-corrected chi connectivity index (χ3v) is 4.33. The van der Waals surface area contributed by atoms with Gasteiger partial charge in [0.1, 0.15) is 0 Å². The van der Waals surface area contributed by atoms with E-state index in [-0.39, 0.29) is 18.4 Å². The van der Waals surface area contributed by atoms with E-state index in [9.17, 15) is 22.8 Å². The van der Waals surface area contributed by atoms with Gasteiger partial charge in [0.2, 0.25) is 5.91 Å². The van der Waals surface area contributed by atoms with Crippen LogP contribution in [0.15, 0.2) is 0 Å². The Morgan fingerprint density at radius 2 is 1.77 bits per heavy atom. The van der Waals surface area contributed by atoms with Crippen LogP contribution in [0.3, 0.4) is 0 Å². The predicted molar refractivity (Wildman–Crippen MR) is 74.0 cm³/mol. The minimum Gasteiger partial charge on any atom is -0.348 e. The molecule has 22 heavy (non-hydrogen) atoms. The van der Waals surface area contributed by atoms with E-state index in [0.29, 0.717) is 38.5 Å². The van der Waals surface area contributed by atoms with Crippen molar-refractivity contribution in [3.8, 4) is 0 Å². The molecule has 8 heteroatoms. The Morgan fingerprint density at radius 1 is 1.18 bits per heavy atom. The highest BCUT2D eigenvalue weighted by molar-refractivity contribution is 5.81. The van der Waals surface area contributed by atoms with E-state index in [0.717, 1.165) is 12.8 Å². The standard InChI is InChI=1S/C14H22F3N3O2/c1-19(11-2-3-11)9-12(21)20-6-4-10(5-7-20)8-18-13(22)14(15,16)17/h10-11H,2-9H2,1H3,(H,18,22). The summed E-state index contributed by atoms with van der Waals surface area (Å²) in [4.78, 5) is 26.7. The summed E-state index contributed by atoms with van der Waals surface area (Å²) in [7, 11) is 1.94. The summed E-state index contributed by atoms with van der Waals surface area (Å²) in [5.74, 6) is -1.82. The molecule has 5 nitrogen and oxygen atoms in total. The van der Waals surface area contributed by atoms with E-state index < -0.39 is 12.1 Å². The minimum absolute atomic E-state index is 0.00323. The number of nitrogens with zero attached hydrogens (tertiary/aromatic N) is 2. The number of likely N-dealkylation sites (N-methyl/N-ethyl adjacent to an activating group) is 1. The highest BCUT2D eigenvalue weighted by atomic mass is 19.4. The van der Waals surface area contributed by atoms with Gasteiger partial charge < -0.3 is 10.2 Å². The second-order valence-corrected chi connectivity index (χ2v) is 6.18. The van der Waals surface area contributed by atoms with Gasteiger partial charge in [-0.15, -0.1) is 0 Å². The van der Waals surface area contributed by atoms with Crippen LogP contribution in [0, 0.1) is 5.92 Å². The molecule has 2 amide bonds. The molecule has 1 saturated carbocycles. The Bertz CT molecular complexity index is 416. The third kappa shape index (κ3) is 4.86. The molecule has 2 aliphatic rings. The van der Waals surface area contributed by atoms with Gasteiger partial charge in [-0.25, -0.2) is 0 Å². The Balaban J connectivity index is 1.66. The van der Waals surface area contributed by atoms with Crippen molar-refractivity contribution < 1.29 is 22.8 Å². The van der Waals surface area contributed by atoms with Crippen molar-refractivity contribution in [3.05, 3.63) is 0 Å². The van der Waals surface area contributed by atoms with Gasteiger partial charge in [-0.05, 0) is 38.6 Å². The van der Waals surface area contributed by atoms with E-state index >= 15 is 0 Å². The number of piperidine rings is 1. The van der Waals surface area contributed by atoms with Crippen molar-refractivity contribution in [2.24, 2.45) is 5.92 Å². The molecule has 0 unspecified atom stereocenters. The average Bonchev–Trinajstić information content (AvgIpc) is 3.28. The summed E-state index contributed by atoms with van der Waals surface area (Å²) in [5, 5.41) is 1.92. The fourth-order valence-electron chi connectivity index (χ4n) is 2.68. The lowest BCUT2D eigenvalue weighted by atomic mass is 9.96. The summed E-state index contributed by atoms with van der Waals surface area (Å²) < 4.78 is 36.3. The molecular weight excluding hydrogens is 299 g/mol. The van der Waals surface area contributed by atoms with Crippen LogP contribution in [-0.2, 0) is 9.59 Å². The summed E-state index contributed by atoms with van der Waals surface area (Å²) in [6.07, 6.45) is -1.30. The van der Waals surface area contributed by atoms with E-state index in [1.54, 1.807) is 4.90 Å². The van der Waals surface area contributed by atoms with Crippen LogP contribution in [0.2, 0.25) is 0 Å². The van der Waals surface area contributed by atoms with Crippen LogP contribution in [0.1, 0.15) is 25.7 Å². The first-order valence-corrected chi connectivity index (χ1v) is 7.60. The maximum Gasteiger partial charge on any atom is 0.471 e. The first-order valence-electron chi connectivity index (χ1n) is 7.60. The minimum atomic E-state index is -4.83. The van der Waals surface area contributed by atoms with Gasteiger partial charge in [0, 0.05) is 25.7 Å². The first kappa shape index (κ1) is 17.1. The van der Waals surface area contributed by atoms with Gasteiger partial charge in [-0.2, -0.15) is 13.2 Å². The zero-order valence-electron chi connectivity index (χ0n) is 12.7. The Labute approximate surface area is 127 Å². The predicted octanol–water partition coefficient (Wildman–Crippen LogP) is 0.998. The maximum atomic E-state index is 12.1. The highest BCUT2D eigenvalue weighted by Gasteiger charge is 2.38. The molecule has 2 fully saturated rings. The highest BCUT2D eigenvalue weighted by Crippen LogP contribution is 2.25. The molecule has 0 atom stereocenters. The van der Waals surface area contributed by atoms with E-state index in [1.165, 1.54) is 0 Å². The van der Waals surface area contributed by atoms with Crippen LogP contribution >= 0.6 is 0 Å². The number of carbonyl (C=O) groups is 2. The molecule has 2 rings (SSSR count). The van der Waals surface area contributed by atoms with Gasteiger partial charge in [0.05, 0.1) is 6.54 Å². The molecule has 0 bridgehead atoms. The second kappa shape index (κ2) is 6.85. The van der Waals surface area contributed by atoms with Gasteiger partial charge in [-0.1, -0.05) is 0 Å². The Morgan fingerprint density at radius 3 is 2.27 bits per heavy atom. The molecule has 1 aliphatic heterocycles. The van der Waals surface area contributed by atoms with Crippen LogP contribution in [0.25, 0.3) is 0 Å². The SMILES string of the molecule is CN(CC(=O)N1CCC(CNC(=O)C(F)(F)F)CC1)C1CC1. The van der Waals surface area contributed by atoms with Crippen molar-refractivity contribution in [1.82, 2.24) is 15.1 Å². The average molecular weight is 321 g/mol. The fourth-order valence-corrected chi connectivity index (χ4v) is 2.68. The van der Waals surface area contributed by atoms with Gasteiger partial charge >= 0.3 is 12.1 Å². The van der Waals surface area contributed by atoms with E-state index in [2.05, 4.69) is 4.90 Å². The zero-order chi connectivity index (χ0) is 16.3. The van der Waals surface area contributed by atoms with Crippen molar-refractivity contribution in [2.45, 2.75) is 37.9 Å². The molecule has 1 heterocycles. The topological polar surface area (TPSA) is 52.7 Å². The van der Waals surface area contributed by atoms with Crippen LogP contribution < -0.4 is 5.32 Å². The fraction of sp³-hybridized carbons (Fsp3) is 0.857. The van der Waals surface area contributed by atoms with Gasteiger partial charge in [0.15, 0.2) is 0 Å². The molecule has 0 aromatic rings. The molecule has 0 radical (unpaired) electrons. The van der Waals surface area contributed by atoms with Crippen LogP contribution in [0.5, 0.6) is 0 Å². The number of nitrogens with one attached hydrogen (secondary N) is 1. The molecule has 126 valence electrons. The van der Waals surface area contributed by atoms with Crippen molar-refractivity contribution in [3.63, 3.8) is 0 Å². The summed E-state index contributed by atoms with van der Waals surface area (Å²) >= 11 is 0. The number of hydrogen-bond donors (Lipinski definition) is 1. The molecular formula is C14H22F3N3O2. The van der Waals surface area contributed by atoms with Crippen molar-refractivity contribution in [2.75, 3.05) is 33.2 Å². The quantitative estimate of drug-likeness (QED) is 0.822. The molecule has 0 aromatic heterocycles.